The Labute approximate surface area is 147 Å². The Bertz CT molecular complexity index is 771. The van der Waals surface area contributed by atoms with Crippen LogP contribution in [0.2, 0.25) is 0 Å². The summed E-state index contributed by atoms with van der Waals surface area (Å²) in [6.45, 7) is 5.19. The van der Waals surface area contributed by atoms with Crippen LogP contribution in [0.25, 0.3) is 0 Å². The number of methoxy groups -OCH3 is 1. The second-order valence-corrected chi connectivity index (χ2v) is 6.00. The molecule has 1 atom stereocenters. The number of phenolic OH excluding ortho intramolecular Hbond substituents is 1. The van der Waals surface area contributed by atoms with E-state index in [2.05, 4.69) is 0 Å². The molecule has 1 amide bonds. The number of carbonyl (C=O) groups excluding carboxylic acids is 2. The third-order valence-corrected chi connectivity index (χ3v) is 4.24. The molecule has 5 heteroatoms. The lowest BCUT2D eigenvalue weighted by Gasteiger charge is -2.30. The summed E-state index contributed by atoms with van der Waals surface area (Å²) < 4.78 is 4.83. The number of aryl methyl sites for hydroxylation is 1. The smallest absolute Gasteiger partial charge is 0.328 e. The zero-order chi connectivity index (χ0) is 18.6. The summed E-state index contributed by atoms with van der Waals surface area (Å²) in [5, 5.41) is 10.1. The molecular weight excluding hydrogens is 318 g/mol. The Morgan fingerprint density at radius 3 is 2.36 bits per heavy atom. The van der Waals surface area contributed by atoms with Crippen molar-refractivity contribution in [1.29, 1.82) is 0 Å². The number of phenols is 1. The largest absolute Gasteiger partial charge is 0.508 e. The summed E-state index contributed by atoms with van der Waals surface area (Å²) in [6, 6.07) is 11.8. The number of anilines is 1. The Morgan fingerprint density at radius 1 is 1.12 bits per heavy atom. The first-order chi connectivity index (χ1) is 11.9. The van der Waals surface area contributed by atoms with E-state index in [9.17, 15) is 14.7 Å². The fourth-order valence-corrected chi connectivity index (χ4v) is 2.86. The summed E-state index contributed by atoms with van der Waals surface area (Å²) in [7, 11) is 1.29. The number of amides is 1. The highest BCUT2D eigenvalue weighted by Gasteiger charge is 2.30. The highest BCUT2D eigenvalue weighted by Crippen LogP contribution is 2.33. The number of hydrogen-bond acceptors (Lipinski definition) is 4. The number of ether oxygens (including phenoxy) is 1. The van der Waals surface area contributed by atoms with E-state index in [-0.39, 0.29) is 18.1 Å². The molecule has 1 N–H and O–H groups in total. The predicted molar refractivity (Wildman–Crippen MR) is 96.7 cm³/mol. The number of hydrogen-bond donors (Lipinski definition) is 1. The molecule has 0 aromatic heterocycles. The van der Waals surface area contributed by atoms with Gasteiger partial charge in [0.15, 0.2) is 0 Å². The first-order valence-corrected chi connectivity index (χ1v) is 8.09. The predicted octanol–water partition coefficient (Wildman–Crippen LogP) is 3.15. The molecule has 25 heavy (non-hydrogen) atoms. The standard InChI is InChI=1S/C20H23NO4/c1-13-10-11-17(22)14(2)19(13)21(15(3)20(24)25-4)18(23)12-16-8-6-5-7-9-16/h5-11,15,22H,12H2,1-4H3. The van der Waals surface area contributed by atoms with Gasteiger partial charge in [-0.1, -0.05) is 36.4 Å². The van der Waals surface area contributed by atoms with Crippen molar-refractivity contribution >= 4 is 17.6 Å². The van der Waals surface area contributed by atoms with Crippen LogP contribution in [0.5, 0.6) is 5.75 Å². The van der Waals surface area contributed by atoms with Crippen LogP contribution in [0.4, 0.5) is 5.69 Å². The Balaban J connectivity index is 2.49. The van der Waals surface area contributed by atoms with Gasteiger partial charge < -0.3 is 9.84 Å². The molecule has 0 saturated heterocycles. The topological polar surface area (TPSA) is 66.8 Å². The van der Waals surface area contributed by atoms with Crippen LogP contribution >= 0.6 is 0 Å². The van der Waals surface area contributed by atoms with E-state index in [1.165, 1.54) is 12.0 Å². The average Bonchev–Trinajstić information content (AvgIpc) is 2.61. The lowest BCUT2D eigenvalue weighted by molar-refractivity contribution is -0.143. The van der Waals surface area contributed by atoms with Crippen molar-refractivity contribution in [3.63, 3.8) is 0 Å². The van der Waals surface area contributed by atoms with Gasteiger partial charge in [-0.05, 0) is 38.0 Å². The van der Waals surface area contributed by atoms with E-state index in [4.69, 9.17) is 4.74 Å². The number of aromatic hydroxyl groups is 1. The average molecular weight is 341 g/mol. The molecule has 0 fully saturated rings. The molecule has 132 valence electrons. The number of nitrogens with zero attached hydrogens (tertiary/aromatic N) is 1. The van der Waals surface area contributed by atoms with E-state index >= 15 is 0 Å². The van der Waals surface area contributed by atoms with E-state index in [1.807, 2.05) is 37.3 Å². The van der Waals surface area contributed by atoms with Crippen molar-refractivity contribution in [3.05, 3.63) is 59.2 Å². The lowest BCUT2D eigenvalue weighted by atomic mass is 10.0. The summed E-state index contributed by atoms with van der Waals surface area (Å²) in [4.78, 5) is 26.6. The monoisotopic (exact) mass is 341 g/mol. The quantitative estimate of drug-likeness (QED) is 0.849. The van der Waals surface area contributed by atoms with Crippen molar-refractivity contribution in [3.8, 4) is 5.75 Å². The summed E-state index contributed by atoms with van der Waals surface area (Å²) >= 11 is 0. The van der Waals surface area contributed by atoms with Crippen LogP contribution < -0.4 is 4.90 Å². The van der Waals surface area contributed by atoms with Gasteiger partial charge in [-0.3, -0.25) is 9.69 Å². The summed E-state index contributed by atoms with van der Waals surface area (Å²) in [5.41, 5.74) is 2.74. The Hall–Kier alpha value is -2.82. The van der Waals surface area contributed by atoms with Crippen LogP contribution in [-0.4, -0.2) is 30.1 Å². The van der Waals surface area contributed by atoms with E-state index in [0.717, 1.165) is 11.1 Å². The lowest BCUT2D eigenvalue weighted by Crippen LogP contribution is -2.45. The maximum atomic E-state index is 13.0. The molecule has 0 saturated carbocycles. The van der Waals surface area contributed by atoms with E-state index in [0.29, 0.717) is 11.3 Å². The highest BCUT2D eigenvalue weighted by atomic mass is 16.5. The van der Waals surface area contributed by atoms with Gasteiger partial charge in [0.25, 0.3) is 0 Å². The molecule has 0 heterocycles. The van der Waals surface area contributed by atoms with Gasteiger partial charge in [0.05, 0.1) is 19.2 Å². The number of esters is 1. The zero-order valence-electron chi connectivity index (χ0n) is 14.9. The van der Waals surface area contributed by atoms with E-state index < -0.39 is 12.0 Å². The van der Waals surface area contributed by atoms with Crippen molar-refractivity contribution in [2.75, 3.05) is 12.0 Å². The second-order valence-electron chi connectivity index (χ2n) is 6.00. The maximum Gasteiger partial charge on any atom is 0.328 e. The van der Waals surface area contributed by atoms with Gasteiger partial charge in [0.2, 0.25) is 5.91 Å². The van der Waals surface area contributed by atoms with Gasteiger partial charge in [-0.15, -0.1) is 0 Å². The first-order valence-electron chi connectivity index (χ1n) is 8.09. The minimum Gasteiger partial charge on any atom is -0.508 e. The Morgan fingerprint density at radius 2 is 1.76 bits per heavy atom. The molecule has 0 radical (unpaired) electrons. The number of benzene rings is 2. The molecule has 2 aromatic rings. The molecule has 5 nitrogen and oxygen atoms in total. The van der Waals surface area contributed by atoms with Crippen LogP contribution in [0.15, 0.2) is 42.5 Å². The normalized spacial score (nSPS) is 11.7. The second kappa shape index (κ2) is 7.83. The van der Waals surface area contributed by atoms with Crippen LogP contribution in [0.1, 0.15) is 23.6 Å². The fraction of sp³-hybridized carbons (Fsp3) is 0.300. The van der Waals surface area contributed by atoms with Crippen molar-refractivity contribution in [1.82, 2.24) is 0 Å². The molecular formula is C20H23NO4. The minimum absolute atomic E-state index is 0.0789. The Kier molecular flexibility index (Phi) is 5.80. The molecule has 0 aliphatic heterocycles. The summed E-state index contributed by atoms with van der Waals surface area (Å²) in [5.74, 6) is -0.667. The van der Waals surface area contributed by atoms with Gasteiger partial charge in [0, 0.05) is 5.56 Å². The molecule has 1 unspecified atom stereocenters. The molecule has 0 bridgehead atoms. The van der Waals surface area contributed by atoms with Gasteiger partial charge in [-0.25, -0.2) is 4.79 Å². The fourth-order valence-electron chi connectivity index (χ4n) is 2.86. The molecule has 0 spiro atoms. The first kappa shape index (κ1) is 18.5. The SMILES string of the molecule is COC(=O)C(C)N(C(=O)Cc1ccccc1)c1c(C)ccc(O)c1C. The van der Waals surface area contributed by atoms with Crippen molar-refractivity contribution < 1.29 is 19.4 Å². The van der Waals surface area contributed by atoms with Crippen LogP contribution in [-0.2, 0) is 20.7 Å². The third-order valence-electron chi connectivity index (χ3n) is 4.24. The summed E-state index contributed by atoms with van der Waals surface area (Å²) in [6.07, 6.45) is 0.150. The third kappa shape index (κ3) is 3.99. The van der Waals surface area contributed by atoms with Gasteiger partial charge in [0.1, 0.15) is 11.8 Å². The zero-order valence-corrected chi connectivity index (χ0v) is 14.9. The van der Waals surface area contributed by atoms with Crippen molar-refractivity contribution in [2.24, 2.45) is 0 Å². The number of carbonyl (C=O) groups is 2. The molecule has 0 aliphatic rings. The van der Waals surface area contributed by atoms with E-state index in [1.54, 1.807) is 26.0 Å². The molecule has 0 aliphatic carbocycles. The van der Waals surface area contributed by atoms with Crippen molar-refractivity contribution in [2.45, 2.75) is 33.2 Å². The molecule has 2 aromatic carbocycles. The highest BCUT2D eigenvalue weighted by molar-refractivity contribution is 6.01. The van der Waals surface area contributed by atoms with Gasteiger partial charge in [-0.2, -0.15) is 0 Å². The maximum absolute atomic E-state index is 13.0. The van der Waals surface area contributed by atoms with Crippen LogP contribution in [0.3, 0.4) is 0 Å². The minimum atomic E-state index is -0.805. The van der Waals surface area contributed by atoms with Crippen LogP contribution in [0, 0.1) is 13.8 Å². The number of rotatable bonds is 5. The molecule has 2 rings (SSSR count). The van der Waals surface area contributed by atoms with Gasteiger partial charge >= 0.3 is 5.97 Å².